The number of carbonyl (C=O) groups excluding carboxylic acids is 2. The van der Waals surface area contributed by atoms with Gasteiger partial charge in [-0.15, -0.1) is 5.10 Å². The molecule has 1 fully saturated rings. The van der Waals surface area contributed by atoms with Crippen LogP contribution >= 0.6 is 0 Å². The second-order valence-corrected chi connectivity index (χ2v) is 11.6. The SMILES string of the molecule is CC(C)(C)CC(=O)Nc1ccc(-c2nnc(N(CCCN3CCCCC3)C(=O)OC(C)(C)C)o2)cc1. The van der Waals surface area contributed by atoms with Crippen LogP contribution in [-0.4, -0.2) is 58.9 Å². The molecule has 2 aromatic rings. The Kier molecular flexibility index (Phi) is 9.11. The summed E-state index contributed by atoms with van der Waals surface area (Å²) in [6, 6.07) is 7.31. The third-order valence-corrected chi connectivity index (χ3v) is 5.67. The normalized spacial score (nSPS) is 14.9. The number of amides is 2. The van der Waals surface area contributed by atoms with E-state index in [4.69, 9.17) is 9.15 Å². The van der Waals surface area contributed by atoms with Gasteiger partial charge in [-0.1, -0.05) is 32.3 Å². The monoisotopic (exact) mass is 499 g/mol. The second kappa shape index (κ2) is 11.9. The lowest BCUT2D eigenvalue weighted by Crippen LogP contribution is -2.39. The molecule has 0 aliphatic carbocycles. The van der Waals surface area contributed by atoms with Crippen molar-refractivity contribution in [3.63, 3.8) is 0 Å². The van der Waals surface area contributed by atoms with Gasteiger partial charge in [0.05, 0.1) is 0 Å². The zero-order chi connectivity index (χ0) is 26.3. The predicted octanol–water partition coefficient (Wildman–Crippen LogP) is 5.73. The molecule has 0 saturated carbocycles. The molecule has 0 spiro atoms. The Balaban J connectivity index is 1.68. The minimum atomic E-state index is -0.641. The zero-order valence-electron chi connectivity index (χ0n) is 22.6. The topological polar surface area (TPSA) is 101 Å². The largest absolute Gasteiger partial charge is 0.443 e. The average molecular weight is 500 g/mol. The molecule has 1 N–H and O–H groups in total. The number of carbonyl (C=O) groups is 2. The standard InChI is InChI=1S/C27H41N5O4/c1-26(2,3)19-22(33)28-21-13-11-20(12-14-21)23-29-30-24(35-23)32(25(34)36-27(4,5)6)18-10-17-31-15-8-7-9-16-31/h11-14H,7-10,15-19H2,1-6H3,(H,28,33). The molecule has 9 heteroatoms. The summed E-state index contributed by atoms with van der Waals surface area (Å²) in [6.45, 7) is 15.1. The van der Waals surface area contributed by atoms with Gasteiger partial charge in [-0.2, -0.15) is 0 Å². The fourth-order valence-corrected chi connectivity index (χ4v) is 4.04. The zero-order valence-corrected chi connectivity index (χ0v) is 22.6. The number of benzene rings is 1. The van der Waals surface area contributed by atoms with Crippen molar-refractivity contribution < 1.29 is 18.7 Å². The third-order valence-electron chi connectivity index (χ3n) is 5.67. The summed E-state index contributed by atoms with van der Waals surface area (Å²) in [6.07, 6.45) is 4.44. The highest BCUT2D eigenvalue weighted by Gasteiger charge is 2.28. The van der Waals surface area contributed by atoms with E-state index in [1.54, 1.807) is 24.3 Å². The summed E-state index contributed by atoms with van der Waals surface area (Å²) < 4.78 is 11.5. The number of anilines is 2. The van der Waals surface area contributed by atoms with Crippen LogP contribution in [0.4, 0.5) is 16.5 Å². The Morgan fingerprint density at radius 3 is 2.31 bits per heavy atom. The van der Waals surface area contributed by atoms with E-state index in [2.05, 4.69) is 20.4 Å². The van der Waals surface area contributed by atoms with Crippen LogP contribution in [-0.2, 0) is 9.53 Å². The molecule has 198 valence electrons. The van der Waals surface area contributed by atoms with Gasteiger partial charge in [0, 0.05) is 24.2 Å². The number of hydrogen-bond acceptors (Lipinski definition) is 7. The van der Waals surface area contributed by atoms with Crippen molar-refractivity contribution in [3.8, 4) is 11.5 Å². The molecule has 1 saturated heterocycles. The lowest BCUT2D eigenvalue weighted by Gasteiger charge is -2.28. The number of nitrogens with zero attached hydrogens (tertiary/aromatic N) is 4. The van der Waals surface area contributed by atoms with Crippen LogP contribution in [0.2, 0.25) is 0 Å². The highest BCUT2D eigenvalue weighted by atomic mass is 16.6. The van der Waals surface area contributed by atoms with Crippen molar-refractivity contribution in [2.24, 2.45) is 5.41 Å². The molecule has 1 aliphatic rings. The van der Waals surface area contributed by atoms with E-state index in [0.29, 0.717) is 30.1 Å². The van der Waals surface area contributed by atoms with Gasteiger partial charge >= 0.3 is 12.1 Å². The van der Waals surface area contributed by atoms with Gasteiger partial charge < -0.3 is 19.4 Å². The first-order valence-corrected chi connectivity index (χ1v) is 12.9. The molecule has 1 aromatic heterocycles. The molecule has 9 nitrogen and oxygen atoms in total. The summed E-state index contributed by atoms with van der Waals surface area (Å²) in [5.74, 6) is 0.259. The average Bonchev–Trinajstić information content (AvgIpc) is 3.25. The van der Waals surface area contributed by atoms with Crippen molar-refractivity contribution in [3.05, 3.63) is 24.3 Å². The number of aromatic nitrogens is 2. The summed E-state index contributed by atoms with van der Waals surface area (Å²) in [5.41, 5.74) is 0.664. The Labute approximate surface area is 214 Å². The van der Waals surface area contributed by atoms with Gasteiger partial charge in [-0.05, 0) is 89.3 Å². The molecule has 1 aliphatic heterocycles. The van der Waals surface area contributed by atoms with Gasteiger partial charge in [0.1, 0.15) is 5.60 Å². The summed E-state index contributed by atoms with van der Waals surface area (Å²) >= 11 is 0. The number of hydrogen-bond donors (Lipinski definition) is 1. The van der Waals surface area contributed by atoms with E-state index in [-0.39, 0.29) is 17.3 Å². The third kappa shape index (κ3) is 8.93. The highest BCUT2D eigenvalue weighted by Crippen LogP contribution is 2.26. The summed E-state index contributed by atoms with van der Waals surface area (Å²) in [4.78, 5) is 29.0. The maximum Gasteiger partial charge on any atom is 0.418 e. The quantitative estimate of drug-likeness (QED) is 0.495. The molecule has 36 heavy (non-hydrogen) atoms. The first-order chi connectivity index (χ1) is 16.9. The highest BCUT2D eigenvalue weighted by molar-refractivity contribution is 5.91. The summed E-state index contributed by atoms with van der Waals surface area (Å²) in [7, 11) is 0. The number of nitrogens with one attached hydrogen (secondary N) is 1. The molecular weight excluding hydrogens is 458 g/mol. The molecule has 0 atom stereocenters. The Hall–Kier alpha value is -2.94. The van der Waals surface area contributed by atoms with E-state index in [1.165, 1.54) is 24.2 Å². The van der Waals surface area contributed by atoms with E-state index in [9.17, 15) is 9.59 Å². The van der Waals surface area contributed by atoms with Crippen LogP contribution in [0.3, 0.4) is 0 Å². The van der Waals surface area contributed by atoms with Crippen LogP contribution in [0.25, 0.3) is 11.5 Å². The number of rotatable bonds is 8. The molecule has 2 amide bonds. The molecular formula is C27H41N5O4. The van der Waals surface area contributed by atoms with E-state index in [1.807, 2.05) is 41.5 Å². The van der Waals surface area contributed by atoms with Crippen molar-refractivity contribution in [1.29, 1.82) is 0 Å². The molecule has 0 radical (unpaired) electrons. The number of ether oxygens (including phenoxy) is 1. The maximum atomic E-state index is 13.0. The first-order valence-electron chi connectivity index (χ1n) is 12.9. The lowest BCUT2D eigenvalue weighted by molar-refractivity contribution is -0.117. The second-order valence-electron chi connectivity index (χ2n) is 11.6. The molecule has 3 rings (SSSR count). The van der Waals surface area contributed by atoms with Crippen molar-refractivity contribution >= 4 is 23.7 Å². The van der Waals surface area contributed by atoms with Crippen molar-refractivity contribution in [2.75, 3.05) is 36.4 Å². The lowest BCUT2D eigenvalue weighted by atomic mass is 9.92. The molecule has 0 unspecified atom stereocenters. The Bertz CT molecular complexity index is 998. The van der Waals surface area contributed by atoms with Crippen molar-refractivity contribution in [2.45, 2.75) is 79.2 Å². The fourth-order valence-electron chi connectivity index (χ4n) is 4.04. The smallest absolute Gasteiger partial charge is 0.418 e. The minimum absolute atomic E-state index is 0.0344. The van der Waals surface area contributed by atoms with Crippen LogP contribution in [0, 0.1) is 5.41 Å². The van der Waals surface area contributed by atoms with E-state index in [0.717, 1.165) is 26.1 Å². The molecule has 1 aromatic carbocycles. The Morgan fingerprint density at radius 1 is 1.03 bits per heavy atom. The van der Waals surface area contributed by atoms with Crippen molar-refractivity contribution in [1.82, 2.24) is 15.1 Å². The number of likely N-dealkylation sites (tertiary alicyclic amines) is 1. The maximum absolute atomic E-state index is 13.0. The van der Waals surface area contributed by atoms with Crippen LogP contribution in [0.15, 0.2) is 28.7 Å². The van der Waals surface area contributed by atoms with Crippen LogP contribution in [0.5, 0.6) is 0 Å². The van der Waals surface area contributed by atoms with Crippen LogP contribution < -0.4 is 10.2 Å². The number of piperidine rings is 1. The summed E-state index contributed by atoms with van der Waals surface area (Å²) in [5, 5.41) is 11.2. The van der Waals surface area contributed by atoms with Gasteiger partial charge in [0.2, 0.25) is 11.8 Å². The molecule has 2 heterocycles. The van der Waals surface area contributed by atoms with Gasteiger partial charge in [-0.25, -0.2) is 9.69 Å². The minimum Gasteiger partial charge on any atom is -0.443 e. The fraction of sp³-hybridized carbons (Fsp3) is 0.630. The van der Waals surface area contributed by atoms with Crippen LogP contribution in [0.1, 0.15) is 73.6 Å². The first kappa shape index (κ1) is 27.6. The van der Waals surface area contributed by atoms with E-state index < -0.39 is 11.7 Å². The van der Waals surface area contributed by atoms with Gasteiger partial charge in [0.25, 0.3) is 0 Å². The predicted molar refractivity (Wildman–Crippen MR) is 141 cm³/mol. The van der Waals surface area contributed by atoms with Gasteiger partial charge in [0.15, 0.2) is 0 Å². The van der Waals surface area contributed by atoms with E-state index >= 15 is 0 Å². The Morgan fingerprint density at radius 2 is 1.69 bits per heavy atom. The molecule has 0 bridgehead atoms. The van der Waals surface area contributed by atoms with Gasteiger partial charge in [-0.3, -0.25) is 4.79 Å².